The molecule has 1 atom stereocenters. The van der Waals surface area contributed by atoms with E-state index in [0.29, 0.717) is 12.4 Å². The first-order chi connectivity index (χ1) is 14.6. The van der Waals surface area contributed by atoms with Crippen molar-refractivity contribution in [1.29, 1.82) is 0 Å². The van der Waals surface area contributed by atoms with Crippen molar-refractivity contribution < 1.29 is 13.2 Å². The van der Waals surface area contributed by atoms with Gasteiger partial charge in [-0.05, 0) is 48.4 Å². The van der Waals surface area contributed by atoms with Crippen LogP contribution >= 0.6 is 0 Å². The molecule has 154 valence electrons. The van der Waals surface area contributed by atoms with Gasteiger partial charge in [-0.25, -0.2) is 13.1 Å². The molecular formula is C24H24N2O3S. The van der Waals surface area contributed by atoms with Crippen LogP contribution in [0.1, 0.15) is 24.0 Å². The van der Waals surface area contributed by atoms with Crippen LogP contribution in [0.3, 0.4) is 0 Å². The highest BCUT2D eigenvalue weighted by Gasteiger charge is 2.22. The zero-order valence-electron chi connectivity index (χ0n) is 16.7. The molecule has 0 amide bonds. The fraction of sp³-hybridized carbons (Fsp3) is 0.167. The summed E-state index contributed by atoms with van der Waals surface area (Å²) in [4.78, 5) is 3.51. The van der Waals surface area contributed by atoms with Gasteiger partial charge >= 0.3 is 0 Å². The zero-order chi connectivity index (χ0) is 21.0. The summed E-state index contributed by atoms with van der Waals surface area (Å²) in [6.07, 6.45) is 1.97. The molecule has 0 radical (unpaired) electrons. The maximum atomic E-state index is 12.9. The molecule has 0 aliphatic rings. The van der Waals surface area contributed by atoms with Gasteiger partial charge in [0.05, 0.1) is 11.5 Å². The Bertz CT molecular complexity index is 1220. The molecule has 0 aliphatic heterocycles. The van der Waals surface area contributed by atoms with E-state index in [1.165, 1.54) is 0 Å². The van der Waals surface area contributed by atoms with E-state index in [2.05, 4.69) is 15.8 Å². The maximum Gasteiger partial charge on any atom is 0.240 e. The van der Waals surface area contributed by atoms with Crippen LogP contribution in [0.5, 0.6) is 5.75 Å². The Labute approximate surface area is 176 Å². The second-order valence-corrected chi connectivity index (χ2v) is 8.78. The van der Waals surface area contributed by atoms with Crippen molar-refractivity contribution in [3.8, 4) is 5.75 Å². The summed E-state index contributed by atoms with van der Waals surface area (Å²) in [7, 11) is -3.66. The van der Waals surface area contributed by atoms with Crippen molar-refractivity contribution >= 4 is 20.9 Å². The minimum atomic E-state index is -3.66. The summed E-state index contributed by atoms with van der Waals surface area (Å²) in [6, 6.07) is 24.5. The molecule has 2 N–H and O–H groups in total. The molecule has 5 nitrogen and oxygen atoms in total. The van der Waals surface area contributed by atoms with Crippen molar-refractivity contribution in [1.82, 2.24) is 9.71 Å². The molecule has 0 fully saturated rings. The summed E-state index contributed by atoms with van der Waals surface area (Å²) in [5, 5.41) is 1.09. The van der Waals surface area contributed by atoms with Crippen LogP contribution in [0, 0.1) is 0 Å². The van der Waals surface area contributed by atoms with E-state index in [1.807, 2.05) is 61.7 Å². The van der Waals surface area contributed by atoms with E-state index in [1.54, 1.807) is 24.3 Å². The van der Waals surface area contributed by atoms with Gasteiger partial charge in [-0.3, -0.25) is 0 Å². The van der Waals surface area contributed by atoms with E-state index in [4.69, 9.17) is 4.74 Å². The highest BCUT2D eigenvalue weighted by molar-refractivity contribution is 7.89. The van der Waals surface area contributed by atoms with Gasteiger partial charge in [0.2, 0.25) is 10.0 Å². The van der Waals surface area contributed by atoms with Crippen molar-refractivity contribution in [2.75, 3.05) is 13.2 Å². The first-order valence-corrected chi connectivity index (χ1v) is 11.4. The van der Waals surface area contributed by atoms with Crippen molar-refractivity contribution in [2.45, 2.75) is 17.7 Å². The number of benzene rings is 3. The number of H-pyrrole nitrogens is 1. The average Bonchev–Trinajstić information content (AvgIpc) is 3.19. The van der Waals surface area contributed by atoms with E-state index in [0.717, 1.165) is 22.0 Å². The topological polar surface area (TPSA) is 71.2 Å². The smallest absolute Gasteiger partial charge is 0.240 e. The maximum absolute atomic E-state index is 12.9. The van der Waals surface area contributed by atoms with Crippen LogP contribution in [0.15, 0.2) is 90.0 Å². The number of para-hydroxylation sites is 1. The number of nitrogens with one attached hydrogen (secondary N) is 2. The van der Waals surface area contributed by atoms with Crippen LogP contribution in [0.25, 0.3) is 10.9 Å². The second-order valence-electron chi connectivity index (χ2n) is 7.01. The first-order valence-electron chi connectivity index (χ1n) is 9.92. The Kier molecular flexibility index (Phi) is 5.88. The molecule has 0 bridgehead atoms. The molecule has 30 heavy (non-hydrogen) atoms. The molecular weight excluding hydrogens is 396 g/mol. The third-order valence-electron chi connectivity index (χ3n) is 5.12. The molecule has 1 heterocycles. The van der Waals surface area contributed by atoms with Gasteiger partial charge in [0.15, 0.2) is 0 Å². The molecule has 0 saturated carbocycles. The lowest BCUT2D eigenvalue weighted by atomic mass is 9.91. The predicted molar refractivity (Wildman–Crippen MR) is 119 cm³/mol. The molecule has 4 aromatic rings. The molecule has 0 aliphatic carbocycles. The Balaban J connectivity index is 1.62. The third-order valence-corrected chi connectivity index (χ3v) is 6.56. The first kappa shape index (κ1) is 20.2. The molecule has 0 saturated heterocycles. The van der Waals surface area contributed by atoms with Crippen LogP contribution in [-0.4, -0.2) is 26.6 Å². The predicted octanol–water partition coefficient (Wildman–Crippen LogP) is 4.68. The van der Waals surface area contributed by atoms with Crippen molar-refractivity contribution in [3.05, 3.63) is 96.2 Å². The largest absolute Gasteiger partial charge is 0.494 e. The van der Waals surface area contributed by atoms with Gasteiger partial charge < -0.3 is 9.72 Å². The van der Waals surface area contributed by atoms with E-state index < -0.39 is 10.0 Å². The lowest BCUT2D eigenvalue weighted by Crippen LogP contribution is -2.29. The summed E-state index contributed by atoms with van der Waals surface area (Å²) < 4.78 is 34.0. The number of ether oxygens (including phenoxy) is 1. The Morgan fingerprint density at radius 2 is 1.63 bits per heavy atom. The minimum absolute atomic E-state index is 0.125. The molecule has 4 rings (SSSR count). The number of fused-ring (bicyclic) bond motifs is 1. The molecule has 1 unspecified atom stereocenters. The number of hydrogen-bond acceptors (Lipinski definition) is 3. The van der Waals surface area contributed by atoms with E-state index in [-0.39, 0.29) is 17.4 Å². The molecule has 6 heteroatoms. The van der Waals surface area contributed by atoms with E-state index in [9.17, 15) is 8.42 Å². The van der Waals surface area contributed by atoms with Gasteiger partial charge in [-0.2, -0.15) is 0 Å². The van der Waals surface area contributed by atoms with Crippen LogP contribution in [0.2, 0.25) is 0 Å². The Morgan fingerprint density at radius 3 is 2.37 bits per heavy atom. The van der Waals surface area contributed by atoms with Crippen LogP contribution in [-0.2, 0) is 10.0 Å². The summed E-state index contributed by atoms with van der Waals surface area (Å²) >= 11 is 0. The average molecular weight is 421 g/mol. The highest BCUT2D eigenvalue weighted by Crippen LogP contribution is 2.31. The van der Waals surface area contributed by atoms with Crippen LogP contribution in [0.4, 0.5) is 0 Å². The standard InChI is InChI=1S/C24H24N2O3S/c1-2-29-19-12-14-20(15-13-19)30(27,28)26-17-22(18-8-4-3-5-9-18)23-16-25-24-11-7-6-10-21(23)24/h3-16,22,25-26H,2,17H2,1H3. The van der Waals surface area contributed by atoms with Gasteiger partial charge in [0, 0.05) is 29.6 Å². The Hall–Kier alpha value is -3.09. The normalized spacial score (nSPS) is 12.7. The lowest BCUT2D eigenvalue weighted by molar-refractivity contribution is 0.340. The zero-order valence-corrected chi connectivity index (χ0v) is 17.5. The van der Waals surface area contributed by atoms with Crippen molar-refractivity contribution in [3.63, 3.8) is 0 Å². The summed E-state index contributed by atoms with van der Waals surface area (Å²) in [5.74, 6) is 0.525. The number of hydrogen-bond donors (Lipinski definition) is 2. The number of rotatable bonds is 8. The number of sulfonamides is 1. The molecule has 0 spiro atoms. The van der Waals surface area contributed by atoms with Crippen LogP contribution < -0.4 is 9.46 Å². The number of aromatic nitrogens is 1. The monoisotopic (exact) mass is 420 g/mol. The van der Waals surface area contributed by atoms with E-state index >= 15 is 0 Å². The fourth-order valence-electron chi connectivity index (χ4n) is 3.63. The highest BCUT2D eigenvalue weighted by atomic mass is 32.2. The number of aromatic amines is 1. The third kappa shape index (κ3) is 4.25. The van der Waals surface area contributed by atoms with Gasteiger partial charge in [0.1, 0.15) is 5.75 Å². The lowest BCUT2D eigenvalue weighted by Gasteiger charge is -2.18. The summed E-state index contributed by atoms with van der Waals surface area (Å²) in [5.41, 5.74) is 3.14. The fourth-order valence-corrected chi connectivity index (χ4v) is 4.68. The quantitative estimate of drug-likeness (QED) is 0.435. The van der Waals surface area contributed by atoms with Gasteiger partial charge in [-0.15, -0.1) is 0 Å². The minimum Gasteiger partial charge on any atom is -0.494 e. The Morgan fingerprint density at radius 1 is 0.933 bits per heavy atom. The van der Waals surface area contributed by atoms with Crippen molar-refractivity contribution in [2.24, 2.45) is 0 Å². The second kappa shape index (κ2) is 8.73. The van der Waals surface area contributed by atoms with Gasteiger partial charge in [-0.1, -0.05) is 48.5 Å². The summed E-state index contributed by atoms with van der Waals surface area (Å²) in [6.45, 7) is 2.68. The molecule has 1 aromatic heterocycles. The SMILES string of the molecule is CCOc1ccc(S(=O)(=O)NCC(c2ccccc2)c2c[nH]c3ccccc23)cc1. The molecule has 3 aromatic carbocycles. The van der Waals surface area contributed by atoms with Gasteiger partial charge in [0.25, 0.3) is 0 Å².